The molecule has 1 aliphatic rings. The highest BCUT2D eigenvalue weighted by Gasteiger charge is 2.22. The van der Waals surface area contributed by atoms with Gasteiger partial charge in [0.25, 0.3) is 5.56 Å². The highest BCUT2D eigenvalue weighted by molar-refractivity contribution is 7.16. The second-order valence-corrected chi connectivity index (χ2v) is 7.36. The normalized spacial score (nSPS) is 16.3. The lowest BCUT2D eigenvalue weighted by Crippen LogP contribution is -2.39. The molecule has 7 nitrogen and oxygen atoms in total. The zero-order valence-corrected chi connectivity index (χ0v) is 15.5. The number of rotatable bonds is 5. The molecule has 0 N–H and O–H groups in total. The Morgan fingerprint density at radius 2 is 2.15 bits per heavy atom. The van der Waals surface area contributed by atoms with Crippen LogP contribution in [0.1, 0.15) is 17.6 Å². The third-order valence-corrected chi connectivity index (χ3v) is 5.21. The molecule has 136 valence electrons. The van der Waals surface area contributed by atoms with E-state index in [0.717, 1.165) is 28.6 Å². The van der Waals surface area contributed by atoms with Gasteiger partial charge in [-0.1, -0.05) is 30.4 Å². The molecule has 0 fully saturated rings. The van der Waals surface area contributed by atoms with Gasteiger partial charge in [-0.25, -0.2) is 4.98 Å². The van der Waals surface area contributed by atoms with E-state index in [0.29, 0.717) is 24.7 Å². The molecular weight excluding hydrogens is 352 g/mol. The first-order valence-corrected chi connectivity index (χ1v) is 9.39. The molecule has 1 aliphatic heterocycles. The summed E-state index contributed by atoms with van der Waals surface area (Å²) in [5.41, 5.74) is 0.599. The van der Waals surface area contributed by atoms with E-state index in [1.807, 2.05) is 38.2 Å². The second kappa shape index (κ2) is 7.05. The fourth-order valence-corrected chi connectivity index (χ4v) is 3.82. The third-order valence-electron chi connectivity index (χ3n) is 4.16. The number of hydrogen-bond donors (Lipinski definition) is 0. The van der Waals surface area contributed by atoms with Crippen molar-refractivity contribution in [3.8, 4) is 11.5 Å². The number of likely N-dealkylation sites (N-methyl/N-ethyl adjacent to an activating group) is 1. The van der Waals surface area contributed by atoms with Crippen LogP contribution in [-0.2, 0) is 13.0 Å². The summed E-state index contributed by atoms with van der Waals surface area (Å²) in [5.74, 6) is 1.55. The lowest BCUT2D eigenvalue weighted by Gasteiger charge is -2.29. The number of ether oxygens (including phenoxy) is 2. The lowest BCUT2D eigenvalue weighted by molar-refractivity contribution is 0.0635. The average molecular weight is 372 g/mol. The molecule has 4 rings (SSSR count). The third kappa shape index (κ3) is 3.42. The highest BCUT2D eigenvalue weighted by atomic mass is 32.1. The monoisotopic (exact) mass is 372 g/mol. The van der Waals surface area contributed by atoms with E-state index in [4.69, 9.17) is 9.47 Å². The van der Waals surface area contributed by atoms with Gasteiger partial charge in [-0.2, -0.15) is 9.61 Å². The molecule has 0 saturated carbocycles. The van der Waals surface area contributed by atoms with Crippen molar-refractivity contribution >= 4 is 16.3 Å². The summed E-state index contributed by atoms with van der Waals surface area (Å²) in [6.45, 7) is 3.76. The quantitative estimate of drug-likeness (QED) is 0.682. The van der Waals surface area contributed by atoms with Crippen LogP contribution in [0.15, 0.2) is 35.1 Å². The molecule has 0 aliphatic carbocycles. The molecule has 8 heteroatoms. The van der Waals surface area contributed by atoms with Gasteiger partial charge >= 0.3 is 0 Å². The van der Waals surface area contributed by atoms with Gasteiger partial charge in [-0.05, 0) is 25.6 Å². The number of para-hydroxylation sites is 2. The molecule has 0 radical (unpaired) electrons. The van der Waals surface area contributed by atoms with Crippen LogP contribution >= 0.6 is 11.3 Å². The Kier molecular flexibility index (Phi) is 4.60. The first kappa shape index (κ1) is 17.0. The molecule has 1 aromatic carbocycles. The minimum absolute atomic E-state index is 0.0603. The Morgan fingerprint density at radius 3 is 2.96 bits per heavy atom. The minimum Gasteiger partial charge on any atom is -0.486 e. The zero-order valence-electron chi connectivity index (χ0n) is 14.7. The predicted octanol–water partition coefficient (Wildman–Crippen LogP) is 1.99. The maximum Gasteiger partial charge on any atom is 0.275 e. The van der Waals surface area contributed by atoms with E-state index in [1.54, 1.807) is 6.07 Å². The maximum atomic E-state index is 12.2. The van der Waals surface area contributed by atoms with Crippen LogP contribution in [0.3, 0.4) is 0 Å². The minimum atomic E-state index is -0.138. The second-order valence-electron chi connectivity index (χ2n) is 6.32. The summed E-state index contributed by atoms with van der Waals surface area (Å²) in [6, 6.07) is 9.23. The number of hydrogen-bond acceptors (Lipinski definition) is 7. The van der Waals surface area contributed by atoms with Crippen molar-refractivity contribution in [1.82, 2.24) is 19.5 Å². The lowest BCUT2D eigenvalue weighted by atomic mass is 10.2. The summed E-state index contributed by atoms with van der Waals surface area (Å²) in [4.78, 5) is 19.5. The smallest absolute Gasteiger partial charge is 0.275 e. The highest BCUT2D eigenvalue weighted by Crippen LogP contribution is 2.31. The van der Waals surface area contributed by atoms with Crippen LogP contribution in [0.2, 0.25) is 0 Å². The molecule has 0 spiro atoms. The average Bonchev–Trinajstić information content (AvgIpc) is 3.05. The zero-order chi connectivity index (χ0) is 18.1. The number of nitrogens with zero attached hydrogens (tertiary/aromatic N) is 4. The molecule has 2 aromatic heterocycles. The maximum absolute atomic E-state index is 12.2. The van der Waals surface area contributed by atoms with Crippen molar-refractivity contribution in [2.75, 3.05) is 20.2 Å². The Balaban J connectivity index is 1.44. The van der Waals surface area contributed by atoms with Gasteiger partial charge in [0.05, 0.1) is 5.69 Å². The fourth-order valence-electron chi connectivity index (χ4n) is 2.96. The standard InChI is InChI=1S/C18H20N4O3S/c1-3-16-20-22-17(23)8-12(19-18(22)26-16)9-21(2)10-13-11-24-14-6-4-5-7-15(14)25-13/h4-8,13H,3,9-11H2,1-2H3. The van der Waals surface area contributed by atoms with Crippen LogP contribution in [0.25, 0.3) is 4.96 Å². The van der Waals surface area contributed by atoms with E-state index in [1.165, 1.54) is 15.9 Å². The summed E-state index contributed by atoms with van der Waals surface area (Å²) >= 11 is 1.46. The Labute approximate surface area is 154 Å². The van der Waals surface area contributed by atoms with Crippen molar-refractivity contribution in [3.63, 3.8) is 0 Å². The Bertz CT molecular complexity index is 984. The molecule has 26 heavy (non-hydrogen) atoms. The molecule has 0 bridgehead atoms. The van der Waals surface area contributed by atoms with Crippen molar-refractivity contribution in [3.05, 3.63) is 51.4 Å². The summed E-state index contributed by atoms with van der Waals surface area (Å²) in [7, 11) is 1.98. The van der Waals surface area contributed by atoms with Crippen LogP contribution in [0.5, 0.6) is 11.5 Å². The molecule has 0 amide bonds. The first-order valence-electron chi connectivity index (χ1n) is 8.58. The van der Waals surface area contributed by atoms with Gasteiger partial charge in [0.15, 0.2) is 11.5 Å². The van der Waals surface area contributed by atoms with E-state index in [-0.39, 0.29) is 11.7 Å². The molecular formula is C18H20N4O3S. The number of fused-ring (bicyclic) bond motifs is 2. The fraction of sp³-hybridized carbons (Fsp3) is 0.389. The van der Waals surface area contributed by atoms with Crippen molar-refractivity contribution < 1.29 is 9.47 Å². The Morgan fingerprint density at radius 1 is 1.35 bits per heavy atom. The molecule has 1 atom stereocenters. The summed E-state index contributed by atoms with van der Waals surface area (Å²) in [5, 5.41) is 5.18. The van der Waals surface area contributed by atoms with E-state index in [9.17, 15) is 4.79 Å². The Hall–Kier alpha value is -2.45. The van der Waals surface area contributed by atoms with Crippen molar-refractivity contribution in [1.29, 1.82) is 0 Å². The van der Waals surface area contributed by atoms with Gasteiger partial charge in [0, 0.05) is 19.2 Å². The summed E-state index contributed by atoms with van der Waals surface area (Å²) < 4.78 is 13.1. The van der Waals surface area contributed by atoms with Gasteiger partial charge < -0.3 is 9.47 Å². The molecule has 1 unspecified atom stereocenters. The number of benzene rings is 1. The molecule has 0 saturated heterocycles. The first-order chi connectivity index (χ1) is 12.6. The van der Waals surface area contributed by atoms with Crippen LogP contribution in [-0.4, -0.2) is 45.8 Å². The van der Waals surface area contributed by atoms with Gasteiger partial charge in [-0.3, -0.25) is 9.69 Å². The van der Waals surface area contributed by atoms with Crippen molar-refractivity contribution in [2.24, 2.45) is 0 Å². The number of aryl methyl sites for hydroxylation is 1. The van der Waals surface area contributed by atoms with Crippen LogP contribution in [0, 0.1) is 0 Å². The van der Waals surface area contributed by atoms with Crippen LogP contribution < -0.4 is 15.0 Å². The topological polar surface area (TPSA) is 69.0 Å². The van der Waals surface area contributed by atoms with Crippen molar-refractivity contribution in [2.45, 2.75) is 26.0 Å². The number of aromatic nitrogens is 3. The van der Waals surface area contributed by atoms with Gasteiger partial charge in [0.1, 0.15) is 17.7 Å². The predicted molar refractivity (Wildman–Crippen MR) is 99.2 cm³/mol. The largest absolute Gasteiger partial charge is 0.486 e. The summed E-state index contributed by atoms with van der Waals surface area (Å²) in [6.07, 6.45) is 0.734. The van der Waals surface area contributed by atoms with E-state index in [2.05, 4.69) is 15.0 Å². The molecule has 3 heterocycles. The SMILES string of the molecule is CCc1nn2c(=O)cc(CN(C)CC3COc4ccccc4O3)nc2s1. The van der Waals surface area contributed by atoms with E-state index < -0.39 is 0 Å². The molecule has 3 aromatic rings. The van der Waals surface area contributed by atoms with Crippen LogP contribution in [0.4, 0.5) is 0 Å². The van der Waals surface area contributed by atoms with Gasteiger partial charge in [-0.15, -0.1) is 0 Å². The van der Waals surface area contributed by atoms with E-state index >= 15 is 0 Å². The van der Waals surface area contributed by atoms with Gasteiger partial charge in [0.2, 0.25) is 4.96 Å².